The first-order valence-electron chi connectivity index (χ1n) is 6.47. The molecule has 0 saturated carbocycles. The molecular formula is C16H18O5. The van der Waals surface area contributed by atoms with Gasteiger partial charge in [-0.05, 0) is 17.7 Å². The summed E-state index contributed by atoms with van der Waals surface area (Å²) in [6.07, 6.45) is 4.87. The average Bonchev–Trinajstić information content (AvgIpc) is 2.55. The van der Waals surface area contributed by atoms with Crippen molar-refractivity contribution in [1.29, 1.82) is 0 Å². The first-order valence-corrected chi connectivity index (χ1v) is 6.47. The van der Waals surface area contributed by atoms with Crippen LogP contribution < -0.4 is 0 Å². The van der Waals surface area contributed by atoms with Crippen LogP contribution in [0, 0.1) is 0 Å². The number of rotatable bonds is 6. The molecule has 21 heavy (non-hydrogen) atoms. The molecule has 1 N–H and O–H groups in total. The van der Waals surface area contributed by atoms with Crippen LogP contribution in [0.1, 0.15) is 5.56 Å². The summed E-state index contributed by atoms with van der Waals surface area (Å²) in [5, 5.41) is 10.7. The molecule has 0 aromatic heterocycles. The number of methoxy groups -OCH3 is 2. The maximum absolute atomic E-state index is 10.9. The standard InChI is InChI=1S/C16H18O5/c1-19-16(20-2)10-14(11-17)8-9-15(16,18)21-12-13-6-4-3-5-7-13/h3-11,18H,12H2,1-2H3. The molecule has 5 nitrogen and oxygen atoms in total. The van der Waals surface area contributed by atoms with Crippen LogP contribution in [-0.4, -0.2) is 37.2 Å². The number of carbonyl (C=O) groups is 1. The summed E-state index contributed by atoms with van der Waals surface area (Å²) in [7, 11) is 2.75. The molecule has 1 aliphatic rings. The van der Waals surface area contributed by atoms with E-state index in [4.69, 9.17) is 14.2 Å². The Hall–Kier alpha value is -1.79. The van der Waals surface area contributed by atoms with Gasteiger partial charge < -0.3 is 19.3 Å². The number of carbonyl (C=O) groups excluding carboxylic acids is 1. The molecule has 1 atom stereocenters. The zero-order chi connectivity index (χ0) is 15.3. The topological polar surface area (TPSA) is 65.0 Å². The van der Waals surface area contributed by atoms with Crippen LogP contribution in [0.5, 0.6) is 0 Å². The third kappa shape index (κ3) is 2.96. The molecule has 2 rings (SSSR count). The fourth-order valence-corrected chi connectivity index (χ4v) is 2.18. The Morgan fingerprint density at radius 1 is 1.19 bits per heavy atom. The lowest BCUT2D eigenvalue weighted by Gasteiger charge is -2.42. The maximum Gasteiger partial charge on any atom is 0.248 e. The molecule has 1 unspecified atom stereocenters. The molecule has 0 bridgehead atoms. The van der Waals surface area contributed by atoms with E-state index in [0.717, 1.165) is 5.56 Å². The Balaban J connectivity index is 2.24. The number of aliphatic hydroxyl groups is 1. The number of benzene rings is 1. The van der Waals surface area contributed by atoms with E-state index < -0.39 is 11.6 Å². The summed E-state index contributed by atoms with van der Waals surface area (Å²) in [6, 6.07) is 9.41. The number of aldehydes is 1. The maximum atomic E-state index is 10.9. The summed E-state index contributed by atoms with van der Waals surface area (Å²) < 4.78 is 16.2. The van der Waals surface area contributed by atoms with Gasteiger partial charge in [0.15, 0.2) is 0 Å². The van der Waals surface area contributed by atoms with E-state index in [0.29, 0.717) is 11.9 Å². The SMILES string of the molecule is COC1(OC)C=C(C=O)C=CC1(O)OCc1ccccc1. The highest BCUT2D eigenvalue weighted by molar-refractivity contribution is 5.78. The van der Waals surface area contributed by atoms with Crippen LogP contribution >= 0.6 is 0 Å². The highest BCUT2D eigenvalue weighted by Gasteiger charge is 2.52. The molecule has 1 aliphatic carbocycles. The highest BCUT2D eigenvalue weighted by Crippen LogP contribution is 2.36. The van der Waals surface area contributed by atoms with Crippen molar-refractivity contribution in [1.82, 2.24) is 0 Å². The number of allylic oxidation sites excluding steroid dienone is 2. The van der Waals surface area contributed by atoms with Crippen molar-refractivity contribution in [2.24, 2.45) is 0 Å². The number of hydrogen-bond donors (Lipinski definition) is 1. The van der Waals surface area contributed by atoms with Crippen LogP contribution in [0.25, 0.3) is 0 Å². The van der Waals surface area contributed by atoms with Gasteiger partial charge >= 0.3 is 0 Å². The van der Waals surface area contributed by atoms with E-state index in [2.05, 4.69) is 0 Å². The van der Waals surface area contributed by atoms with Crippen LogP contribution in [0.2, 0.25) is 0 Å². The van der Waals surface area contributed by atoms with Gasteiger partial charge in [0.05, 0.1) is 6.61 Å². The van der Waals surface area contributed by atoms with Crippen molar-refractivity contribution in [3.05, 3.63) is 59.7 Å². The van der Waals surface area contributed by atoms with Gasteiger partial charge in [-0.3, -0.25) is 4.79 Å². The molecule has 1 aromatic rings. The van der Waals surface area contributed by atoms with Gasteiger partial charge in [-0.1, -0.05) is 36.4 Å². The van der Waals surface area contributed by atoms with Crippen molar-refractivity contribution in [2.45, 2.75) is 18.2 Å². The second kappa shape index (κ2) is 6.32. The van der Waals surface area contributed by atoms with Crippen LogP contribution in [0.4, 0.5) is 0 Å². The van der Waals surface area contributed by atoms with Gasteiger partial charge in [-0.15, -0.1) is 0 Å². The van der Waals surface area contributed by atoms with Gasteiger partial charge in [0.25, 0.3) is 0 Å². The molecular weight excluding hydrogens is 272 g/mol. The lowest BCUT2D eigenvalue weighted by Crippen LogP contribution is -2.57. The zero-order valence-electron chi connectivity index (χ0n) is 12.0. The van der Waals surface area contributed by atoms with E-state index in [1.807, 2.05) is 30.3 Å². The van der Waals surface area contributed by atoms with Gasteiger partial charge in [-0.25, -0.2) is 0 Å². The highest BCUT2D eigenvalue weighted by atomic mass is 16.8. The summed E-state index contributed by atoms with van der Waals surface area (Å²) in [6.45, 7) is 0.167. The lowest BCUT2D eigenvalue weighted by atomic mass is 9.95. The predicted octanol–water partition coefficient (Wildman–Crippen LogP) is 1.58. The fraction of sp³-hybridized carbons (Fsp3) is 0.312. The Kier molecular flexibility index (Phi) is 4.69. The molecule has 112 valence electrons. The minimum Gasteiger partial charge on any atom is -0.358 e. The van der Waals surface area contributed by atoms with Crippen molar-refractivity contribution in [3.63, 3.8) is 0 Å². The molecule has 0 radical (unpaired) electrons. The zero-order valence-corrected chi connectivity index (χ0v) is 12.0. The van der Waals surface area contributed by atoms with E-state index in [9.17, 15) is 9.90 Å². The van der Waals surface area contributed by atoms with Crippen molar-refractivity contribution >= 4 is 6.29 Å². The van der Waals surface area contributed by atoms with Gasteiger partial charge in [0, 0.05) is 19.8 Å². The van der Waals surface area contributed by atoms with Crippen molar-refractivity contribution < 1.29 is 24.1 Å². The molecule has 0 aliphatic heterocycles. The quantitative estimate of drug-likeness (QED) is 0.636. The largest absolute Gasteiger partial charge is 0.358 e. The van der Waals surface area contributed by atoms with E-state index in [1.165, 1.54) is 32.4 Å². The molecule has 0 amide bonds. The molecule has 0 spiro atoms. The first kappa shape index (κ1) is 15.6. The summed E-state index contributed by atoms with van der Waals surface area (Å²) in [4.78, 5) is 10.9. The predicted molar refractivity (Wildman–Crippen MR) is 76.2 cm³/mol. The van der Waals surface area contributed by atoms with Crippen LogP contribution in [-0.2, 0) is 25.6 Å². The second-order valence-electron chi connectivity index (χ2n) is 4.64. The van der Waals surface area contributed by atoms with Gasteiger partial charge in [-0.2, -0.15) is 0 Å². The van der Waals surface area contributed by atoms with Crippen molar-refractivity contribution in [3.8, 4) is 0 Å². The van der Waals surface area contributed by atoms with E-state index in [-0.39, 0.29) is 6.61 Å². The third-order valence-electron chi connectivity index (χ3n) is 3.40. The molecule has 0 saturated heterocycles. The molecule has 0 fully saturated rings. The Morgan fingerprint density at radius 3 is 2.43 bits per heavy atom. The number of ether oxygens (including phenoxy) is 3. The van der Waals surface area contributed by atoms with E-state index >= 15 is 0 Å². The van der Waals surface area contributed by atoms with Gasteiger partial charge in [0.1, 0.15) is 6.29 Å². The summed E-state index contributed by atoms with van der Waals surface area (Å²) in [5.41, 5.74) is 1.23. The lowest BCUT2D eigenvalue weighted by molar-refractivity contribution is -0.347. The van der Waals surface area contributed by atoms with Crippen LogP contribution in [0.15, 0.2) is 54.1 Å². The van der Waals surface area contributed by atoms with Crippen molar-refractivity contribution in [2.75, 3.05) is 14.2 Å². The summed E-state index contributed by atoms with van der Waals surface area (Å²) in [5.74, 6) is -3.41. The minimum atomic E-state index is -1.83. The van der Waals surface area contributed by atoms with E-state index in [1.54, 1.807) is 0 Å². The summed E-state index contributed by atoms with van der Waals surface area (Å²) >= 11 is 0. The smallest absolute Gasteiger partial charge is 0.248 e. The van der Waals surface area contributed by atoms with Gasteiger partial charge in [0.2, 0.25) is 11.6 Å². The fourth-order valence-electron chi connectivity index (χ4n) is 2.18. The average molecular weight is 290 g/mol. The Morgan fingerprint density at radius 2 is 1.86 bits per heavy atom. The first-order chi connectivity index (χ1) is 10.1. The van der Waals surface area contributed by atoms with Crippen LogP contribution in [0.3, 0.4) is 0 Å². The Bertz CT molecular complexity index is 545. The second-order valence-corrected chi connectivity index (χ2v) is 4.64. The minimum absolute atomic E-state index is 0.167. The molecule has 0 heterocycles. The number of hydrogen-bond acceptors (Lipinski definition) is 5. The third-order valence-corrected chi connectivity index (χ3v) is 3.40. The Labute approximate surface area is 123 Å². The monoisotopic (exact) mass is 290 g/mol. The normalized spacial score (nSPS) is 23.7. The molecule has 1 aromatic carbocycles. The molecule has 5 heteroatoms.